The summed E-state index contributed by atoms with van der Waals surface area (Å²) < 4.78 is 4.69. The van der Waals surface area contributed by atoms with Crippen molar-refractivity contribution in [2.24, 2.45) is 0 Å². The van der Waals surface area contributed by atoms with Gasteiger partial charge in [0.05, 0.1) is 35.8 Å². The number of rotatable bonds is 5. The number of ether oxygens (including phenoxy) is 1. The fourth-order valence-corrected chi connectivity index (χ4v) is 2.40. The molecule has 0 atom stereocenters. The normalized spacial score (nSPS) is 10.1. The first-order valence-corrected chi connectivity index (χ1v) is 8.28. The third kappa shape index (κ3) is 4.59. The van der Waals surface area contributed by atoms with Crippen LogP contribution in [0.4, 0.5) is 17.2 Å². The van der Waals surface area contributed by atoms with E-state index in [1.54, 1.807) is 30.3 Å². The largest absolute Gasteiger partial charge is 0.465 e. The van der Waals surface area contributed by atoms with Crippen molar-refractivity contribution in [3.8, 4) is 0 Å². The molecule has 7 nitrogen and oxygen atoms in total. The van der Waals surface area contributed by atoms with Crippen molar-refractivity contribution in [2.45, 2.75) is 0 Å². The highest BCUT2D eigenvalue weighted by atomic mass is 35.5. The second kappa shape index (κ2) is 8.29. The molecule has 0 saturated heterocycles. The fraction of sp³-hybridized carbons (Fsp3) is 0.0526. The van der Waals surface area contributed by atoms with Gasteiger partial charge in [-0.3, -0.25) is 4.79 Å². The van der Waals surface area contributed by atoms with Crippen LogP contribution in [0.15, 0.2) is 60.9 Å². The van der Waals surface area contributed by atoms with Gasteiger partial charge in [-0.05, 0) is 30.3 Å². The van der Waals surface area contributed by atoms with Crippen LogP contribution >= 0.6 is 11.6 Å². The third-order valence-corrected chi connectivity index (χ3v) is 3.90. The number of nitrogens with one attached hydrogen (secondary N) is 2. The predicted molar refractivity (Wildman–Crippen MR) is 103 cm³/mol. The van der Waals surface area contributed by atoms with Crippen LogP contribution in [0, 0.1) is 0 Å². The van der Waals surface area contributed by atoms with Crippen molar-refractivity contribution in [2.75, 3.05) is 17.7 Å². The van der Waals surface area contributed by atoms with E-state index in [1.807, 2.05) is 18.2 Å². The molecule has 0 fully saturated rings. The van der Waals surface area contributed by atoms with Crippen molar-refractivity contribution in [1.82, 2.24) is 9.97 Å². The topological polar surface area (TPSA) is 93.2 Å². The molecule has 1 amide bonds. The van der Waals surface area contributed by atoms with Gasteiger partial charge in [0, 0.05) is 5.69 Å². The van der Waals surface area contributed by atoms with Gasteiger partial charge in [0.15, 0.2) is 0 Å². The average Bonchev–Trinajstić information content (AvgIpc) is 2.70. The maximum absolute atomic E-state index is 12.2. The molecule has 0 bridgehead atoms. The number of methoxy groups -OCH3 is 1. The first-order chi connectivity index (χ1) is 13.1. The molecule has 8 heteroatoms. The van der Waals surface area contributed by atoms with Gasteiger partial charge in [0.1, 0.15) is 11.5 Å². The van der Waals surface area contributed by atoms with Gasteiger partial charge in [-0.2, -0.15) is 0 Å². The smallest absolute Gasteiger partial charge is 0.337 e. The molecule has 136 valence electrons. The molecule has 27 heavy (non-hydrogen) atoms. The number of nitrogens with zero attached hydrogens (tertiary/aromatic N) is 2. The second-order valence-electron chi connectivity index (χ2n) is 5.42. The minimum atomic E-state index is -0.478. The zero-order chi connectivity index (χ0) is 19.2. The van der Waals surface area contributed by atoms with Gasteiger partial charge in [-0.1, -0.05) is 29.8 Å². The Morgan fingerprint density at radius 3 is 2.48 bits per heavy atom. The molecular weight excluding hydrogens is 368 g/mol. The number of benzene rings is 2. The molecule has 3 rings (SSSR count). The average molecular weight is 383 g/mol. The first-order valence-electron chi connectivity index (χ1n) is 7.90. The van der Waals surface area contributed by atoms with Crippen LogP contribution in [0.3, 0.4) is 0 Å². The van der Waals surface area contributed by atoms with E-state index in [2.05, 4.69) is 20.6 Å². The molecule has 0 aliphatic carbocycles. The number of para-hydroxylation sites is 1. The number of aromatic nitrogens is 2. The lowest BCUT2D eigenvalue weighted by atomic mass is 10.2. The SMILES string of the molecule is COC(=O)c1ccc(Cl)c(Nc2cnc(C(=O)Nc3ccccc3)cn2)c1. The summed E-state index contributed by atoms with van der Waals surface area (Å²) >= 11 is 6.14. The lowest BCUT2D eigenvalue weighted by Gasteiger charge is -2.09. The summed E-state index contributed by atoms with van der Waals surface area (Å²) in [5.74, 6) is -0.477. The molecule has 0 saturated carbocycles. The standard InChI is InChI=1S/C19H15ClN4O3/c1-27-19(26)12-7-8-14(20)15(9-12)24-17-11-21-16(10-22-17)18(25)23-13-5-3-2-4-6-13/h2-11H,1H3,(H,22,24)(H,23,25). The van der Waals surface area contributed by atoms with Crippen molar-refractivity contribution in [3.05, 3.63) is 77.2 Å². The van der Waals surface area contributed by atoms with Crippen LogP contribution in [-0.4, -0.2) is 29.0 Å². The Labute approximate surface area is 160 Å². The van der Waals surface area contributed by atoms with E-state index in [9.17, 15) is 9.59 Å². The number of hydrogen-bond acceptors (Lipinski definition) is 6. The van der Waals surface area contributed by atoms with Gasteiger partial charge >= 0.3 is 5.97 Å². The van der Waals surface area contributed by atoms with E-state index < -0.39 is 5.97 Å². The highest BCUT2D eigenvalue weighted by Crippen LogP contribution is 2.26. The number of carbonyl (C=O) groups is 2. The van der Waals surface area contributed by atoms with Gasteiger partial charge in [0.25, 0.3) is 5.91 Å². The number of amides is 1. The molecule has 0 spiro atoms. The van der Waals surface area contributed by atoms with Gasteiger partial charge in [0.2, 0.25) is 0 Å². The van der Waals surface area contributed by atoms with Crippen LogP contribution in [0.1, 0.15) is 20.8 Å². The van der Waals surface area contributed by atoms with E-state index in [-0.39, 0.29) is 11.6 Å². The minimum Gasteiger partial charge on any atom is -0.465 e. The summed E-state index contributed by atoms with van der Waals surface area (Å²) in [7, 11) is 1.30. The highest BCUT2D eigenvalue weighted by Gasteiger charge is 2.11. The van der Waals surface area contributed by atoms with E-state index >= 15 is 0 Å². The molecule has 1 aromatic heterocycles. The van der Waals surface area contributed by atoms with Crippen LogP contribution in [0.2, 0.25) is 5.02 Å². The predicted octanol–water partition coefficient (Wildman–Crippen LogP) is 3.91. The van der Waals surface area contributed by atoms with E-state index in [0.717, 1.165) is 0 Å². The minimum absolute atomic E-state index is 0.166. The van der Waals surface area contributed by atoms with Crippen molar-refractivity contribution >= 4 is 40.7 Å². The van der Waals surface area contributed by atoms with E-state index in [4.69, 9.17) is 16.3 Å². The second-order valence-corrected chi connectivity index (χ2v) is 5.83. The lowest BCUT2D eigenvalue weighted by molar-refractivity contribution is 0.0600. The van der Waals surface area contributed by atoms with Crippen LogP contribution in [-0.2, 0) is 4.74 Å². The Balaban J connectivity index is 1.72. The Morgan fingerprint density at radius 2 is 1.81 bits per heavy atom. The highest BCUT2D eigenvalue weighted by molar-refractivity contribution is 6.33. The van der Waals surface area contributed by atoms with Crippen LogP contribution < -0.4 is 10.6 Å². The molecule has 1 heterocycles. The molecule has 3 aromatic rings. The molecule has 0 radical (unpaired) electrons. The van der Waals surface area contributed by atoms with Crippen LogP contribution in [0.25, 0.3) is 0 Å². The number of hydrogen-bond donors (Lipinski definition) is 2. The molecule has 0 aliphatic heterocycles. The van der Waals surface area contributed by atoms with Crippen molar-refractivity contribution < 1.29 is 14.3 Å². The summed E-state index contributed by atoms with van der Waals surface area (Å²) in [5, 5.41) is 6.09. The quantitative estimate of drug-likeness (QED) is 0.650. The summed E-state index contributed by atoms with van der Waals surface area (Å²) in [6.07, 6.45) is 2.75. The first kappa shape index (κ1) is 18.3. The molecule has 0 unspecified atom stereocenters. The Morgan fingerprint density at radius 1 is 1.04 bits per heavy atom. The summed E-state index contributed by atoms with van der Waals surface area (Å²) in [5.41, 5.74) is 1.64. The summed E-state index contributed by atoms with van der Waals surface area (Å²) in [6, 6.07) is 13.7. The summed E-state index contributed by atoms with van der Waals surface area (Å²) in [6.45, 7) is 0. The molecular formula is C19H15ClN4O3. The number of esters is 1. The summed E-state index contributed by atoms with van der Waals surface area (Å²) in [4.78, 5) is 32.1. The maximum Gasteiger partial charge on any atom is 0.337 e. The Hall–Kier alpha value is -3.45. The fourth-order valence-electron chi connectivity index (χ4n) is 2.23. The monoisotopic (exact) mass is 382 g/mol. The van der Waals surface area contributed by atoms with Gasteiger partial charge in [-0.15, -0.1) is 0 Å². The Kier molecular flexibility index (Phi) is 5.63. The van der Waals surface area contributed by atoms with Gasteiger partial charge < -0.3 is 15.4 Å². The maximum atomic E-state index is 12.2. The van der Waals surface area contributed by atoms with Crippen molar-refractivity contribution in [1.29, 1.82) is 0 Å². The molecule has 0 aliphatic rings. The number of halogens is 1. The van der Waals surface area contributed by atoms with E-state index in [1.165, 1.54) is 19.5 Å². The lowest BCUT2D eigenvalue weighted by Crippen LogP contribution is -2.14. The van der Waals surface area contributed by atoms with Crippen molar-refractivity contribution in [3.63, 3.8) is 0 Å². The number of anilines is 3. The Bertz CT molecular complexity index is 962. The zero-order valence-electron chi connectivity index (χ0n) is 14.3. The van der Waals surface area contributed by atoms with Gasteiger partial charge in [-0.25, -0.2) is 14.8 Å². The number of carbonyl (C=O) groups excluding carboxylic acids is 2. The third-order valence-electron chi connectivity index (χ3n) is 3.57. The zero-order valence-corrected chi connectivity index (χ0v) is 15.0. The molecule has 2 N–H and O–H groups in total. The molecule has 2 aromatic carbocycles. The van der Waals surface area contributed by atoms with E-state index in [0.29, 0.717) is 27.8 Å². The van der Waals surface area contributed by atoms with Crippen LogP contribution in [0.5, 0.6) is 0 Å².